The zero-order valence-electron chi connectivity index (χ0n) is 13.8. The van der Waals surface area contributed by atoms with Gasteiger partial charge < -0.3 is 15.6 Å². The first kappa shape index (κ1) is 19.2. The Hall–Kier alpha value is -1.83. The fraction of sp³-hybridized carbons (Fsp3) is 0.600. The third kappa shape index (κ3) is 7.32. The number of hydrogen-bond donors (Lipinski definition) is 3. The van der Waals surface area contributed by atoms with Gasteiger partial charge in [-0.3, -0.25) is 14.4 Å². The predicted octanol–water partition coefficient (Wildman–Crippen LogP) is 0.845. The zero-order valence-corrected chi connectivity index (χ0v) is 14.6. The molecule has 0 aliphatic heterocycles. The number of carbonyl (C=O) groups is 2. The van der Waals surface area contributed by atoms with Crippen molar-refractivity contribution in [1.29, 1.82) is 0 Å². The molecule has 128 valence electrons. The maximum Gasteiger partial charge on any atom is 0.251 e. The van der Waals surface area contributed by atoms with Crippen LogP contribution in [0.1, 0.15) is 39.3 Å². The Morgan fingerprint density at radius 2 is 2.09 bits per heavy atom. The topological polar surface area (TPSA) is 104 Å². The van der Waals surface area contributed by atoms with Crippen molar-refractivity contribution in [2.75, 3.05) is 12.3 Å². The van der Waals surface area contributed by atoms with Crippen molar-refractivity contribution in [2.45, 2.75) is 51.2 Å². The van der Waals surface area contributed by atoms with E-state index in [4.69, 9.17) is 0 Å². The van der Waals surface area contributed by atoms with Crippen molar-refractivity contribution in [3.63, 3.8) is 0 Å². The van der Waals surface area contributed by atoms with E-state index in [9.17, 15) is 14.4 Å². The number of aromatic nitrogens is 2. The van der Waals surface area contributed by atoms with Gasteiger partial charge in [-0.05, 0) is 19.8 Å². The number of nitrogens with zero attached hydrogens (tertiary/aromatic N) is 1. The Labute approximate surface area is 140 Å². The number of aromatic amines is 1. The molecule has 3 N–H and O–H groups in total. The van der Waals surface area contributed by atoms with Crippen molar-refractivity contribution >= 4 is 23.6 Å². The Morgan fingerprint density at radius 3 is 2.74 bits per heavy atom. The smallest absolute Gasteiger partial charge is 0.251 e. The first-order valence-corrected chi connectivity index (χ1v) is 8.74. The number of aryl methyl sites for hydroxylation is 1. The van der Waals surface area contributed by atoms with E-state index in [2.05, 4.69) is 20.6 Å². The van der Waals surface area contributed by atoms with Crippen molar-refractivity contribution in [3.8, 4) is 0 Å². The predicted molar refractivity (Wildman–Crippen MR) is 90.5 cm³/mol. The molecule has 7 nitrogen and oxygen atoms in total. The van der Waals surface area contributed by atoms with Gasteiger partial charge in [-0.25, -0.2) is 4.98 Å². The Kier molecular flexibility index (Phi) is 8.39. The summed E-state index contributed by atoms with van der Waals surface area (Å²) in [4.78, 5) is 42.0. The average Bonchev–Trinajstić information content (AvgIpc) is 2.50. The van der Waals surface area contributed by atoms with Crippen LogP contribution in [-0.4, -0.2) is 40.1 Å². The van der Waals surface area contributed by atoms with Crippen LogP contribution in [-0.2, 0) is 16.0 Å². The molecule has 0 spiro atoms. The molecule has 0 saturated heterocycles. The van der Waals surface area contributed by atoms with Crippen LogP contribution in [0.5, 0.6) is 0 Å². The minimum Gasteiger partial charge on any atom is -0.354 e. The summed E-state index contributed by atoms with van der Waals surface area (Å²) < 4.78 is 0. The van der Waals surface area contributed by atoms with Gasteiger partial charge in [-0.2, -0.15) is 0 Å². The van der Waals surface area contributed by atoms with Gasteiger partial charge in [-0.1, -0.05) is 32.0 Å². The number of rotatable bonds is 9. The molecule has 23 heavy (non-hydrogen) atoms. The van der Waals surface area contributed by atoms with Crippen LogP contribution < -0.4 is 16.2 Å². The summed E-state index contributed by atoms with van der Waals surface area (Å²) in [6, 6.07) is 0.876. The molecule has 0 fully saturated rings. The normalized spacial score (nSPS) is 11.8. The Bertz CT molecular complexity index is 588. The highest BCUT2D eigenvalue weighted by Gasteiger charge is 2.15. The van der Waals surface area contributed by atoms with Crippen molar-refractivity contribution < 1.29 is 9.59 Å². The SMILES string of the molecule is CCCNC(=O)[C@@H](C)NC(=O)CSc1nc(CCC)cc(=O)[nH]1. The van der Waals surface area contributed by atoms with E-state index in [-0.39, 0.29) is 23.1 Å². The molecular weight excluding hydrogens is 316 g/mol. The van der Waals surface area contributed by atoms with Crippen LogP contribution in [0.4, 0.5) is 0 Å². The van der Waals surface area contributed by atoms with Gasteiger partial charge >= 0.3 is 0 Å². The van der Waals surface area contributed by atoms with E-state index in [1.807, 2.05) is 13.8 Å². The van der Waals surface area contributed by atoms with Gasteiger partial charge in [0.2, 0.25) is 11.8 Å². The van der Waals surface area contributed by atoms with Crippen LogP contribution in [0.2, 0.25) is 0 Å². The third-order valence-electron chi connectivity index (χ3n) is 2.94. The molecule has 8 heteroatoms. The molecule has 1 aromatic heterocycles. The molecule has 0 bridgehead atoms. The second-order valence-corrected chi connectivity index (χ2v) is 6.12. The molecular formula is C15H24N4O3S. The van der Waals surface area contributed by atoms with Gasteiger partial charge in [0, 0.05) is 18.3 Å². The average molecular weight is 340 g/mol. The van der Waals surface area contributed by atoms with E-state index in [0.717, 1.165) is 31.0 Å². The van der Waals surface area contributed by atoms with E-state index in [1.165, 1.54) is 6.07 Å². The number of carbonyl (C=O) groups excluding carboxylic acids is 2. The highest BCUT2D eigenvalue weighted by atomic mass is 32.2. The standard InChI is InChI=1S/C15H24N4O3S/c1-4-6-11-8-12(20)19-15(18-11)23-9-13(21)17-10(3)14(22)16-7-5-2/h8,10H,4-7,9H2,1-3H3,(H,16,22)(H,17,21)(H,18,19,20)/t10-/m1/s1. The second kappa shape index (κ2) is 10.0. The Morgan fingerprint density at radius 1 is 1.35 bits per heavy atom. The number of amides is 2. The summed E-state index contributed by atoms with van der Waals surface area (Å²) in [6.07, 6.45) is 2.46. The van der Waals surface area contributed by atoms with Crippen molar-refractivity contribution in [1.82, 2.24) is 20.6 Å². The van der Waals surface area contributed by atoms with E-state index < -0.39 is 6.04 Å². The van der Waals surface area contributed by atoms with Gasteiger partial charge in [-0.15, -0.1) is 0 Å². The van der Waals surface area contributed by atoms with Gasteiger partial charge in [0.1, 0.15) is 6.04 Å². The molecule has 1 heterocycles. The molecule has 0 radical (unpaired) electrons. The summed E-state index contributed by atoms with van der Waals surface area (Å²) >= 11 is 1.14. The fourth-order valence-electron chi connectivity index (χ4n) is 1.82. The number of nitrogens with one attached hydrogen (secondary N) is 3. The molecule has 0 aliphatic carbocycles. The summed E-state index contributed by atoms with van der Waals surface area (Å²) in [5, 5.41) is 5.76. The van der Waals surface area contributed by atoms with Gasteiger partial charge in [0.15, 0.2) is 5.16 Å². The first-order valence-electron chi connectivity index (χ1n) is 7.76. The summed E-state index contributed by atoms with van der Waals surface area (Å²) in [5.74, 6) is -0.399. The number of thioether (sulfide) groups is 1. The molecule has 0 unspecified atom stereocenters. The lowest BCUT2D eigenvalue weighted by Gasteiger charge is -2.13. The second-order valence-electron chi connectivity index (χ2n) is 5.16. The lowest BCUT2D eigenvalue weighted by molar-refractivity contribution is -0.127. The molecule has 0 aromatic carbocycles. The van der Waals surface area contributed by atoms with Crippen LogP contribution in [0.25, 0.3) is 0 Å². The molecule has 0 aliphatic rings. The number of H-pyrrole nitrogens is 1. The highest BCUT2D eigenvalue weighted by Crippen LogP contribution is 2.11. The quantitative estimate of drug-likeness (QED) is 0.457. The summed E-state index contributed by atoms with van der Waals surface area (Å²) in [6.45, 7) is 6.19. The van der Waals surface area contributed by atoms with Gasteiger partial charge in [0.05, 0.1) is 5.75 Å². The summed E-state index contributed by atoms with van der Waals surface area (Å²) in [5.41, 5.74) is 0.491. The highest BCUT2D eigenvalue weighted by molar-refractivity contribution is 7.99. The van der Waals surface area contributed by atoms with Crippen LogP contribution in [0.15, 0.2) is 16.0 Å². The number of hydrogen-bond acceptors (Lipinski definition) is 5. The first-order chi connectivity index (χ1) is 11.0. The van der Waals surface area contributed by atoms with Crippen molar-refractivity contribution in [2.24, 2.45) is 0 Å². The maximum absolute atomic E-state index is 11.9. The van der Waals surface area contributed by atoms with Gasteiger partial charge in [0.25, 0.3) is 5.56 Å². The maximum atomic E-state index is 11.9. The monoisotopic (exact) mass is 340 g/mol. The van der Waals surface area contributed by atoms with E-state index >= 15 is 0 Å². The largest absolute Gasteiger partial charge is 0.354 e. The third-order valence-corrected chi connectivity index (χ3v) is 3.81. The zero-order chi connectivity index (χ0) is 17.2. The van der Waals surface area contributed by atoms with Crippen LogP contribution in [0.3, 0.4) is 0 Å². The minimum absolute atomic E-state index is 0.0872. The molecule has 2 amide bonds. The van der Waals surface area contributed by atoms with Crippen LogP contribution in [0, 0.1) is 0 Å². The molecule has 0 saturated carbocycles. The fourth-order valence-corrected chi connectivity index (χ4v) is 2.53. The Balaban J connectivity index is 2.49. The van der Waals surface area contributed by atoms with Crippen molar-refractivity contribution in [3.05, 3.63) is 22.1 Å². The molecule has 1 aromatic rings. The van der Waals surface area contributed by atoms with Crippen LogP contribution >= 0.6 is 11.8 Å². The lowest BCUT2D eigenvalue weighted by Crippen LogP contribution is -2.45. The molecule has 1 rings (SSSR count). The molecule has 1 atom stereocenters. The summed E-state index contributed by atoms with van der Waals surface area (Å²) in [7, 11) is 0. The van der Waals surface area contributed by atoms with E-state index in [0.29, 0.717) is 17.4 Å². The lowest BCUT2D eigenvalue weighted by atomic mass is 10.2. The van der Waals surface area contributed by atoms with E-state index in [1.54, 1.807) is 6.92 Å². The minimum atomic E-state index is -0.590.